The topological polar surface area (TPSA) is 116 Å². The first-order chi connectivity index (χ1) is 12.9. The second kappa shape index (κ2) is 7.60. The summed E-state index contributed by atoms with van der Waals surface area (Å²) >= 11 is 0. The minimum absolute atomic E-state index is 0.0777. The molecule has 0 aromatic carbocycles. The molecule has 7 nitrogen and oxygen atoms in total. The van der Waals surface area contributed by atoms with Crippen LogP contribution in [0.2, 0.25) is 0 Å². The van der Waals surface area contributed by atoms with Gasteiger partial charge in [-0.05, 0) is 57.3 Å². The average molecular weight is 401 g/mol. The molecule has 2 aliphatic carbocycles. The van der Waals surface area contributed by atoms with E-state index in [2.05, 4.69) is 6.92 Å². The van der Waals surface area contributed by atoms with Crippen LogP contribution in [-0.4, -0.2) is 68.6 Å². The minimum atomic E-state index is -1.34. The number of aliphatic hydroxyl groups is 4. The smallest absolute Gasteiger partial charge is 0.187 e. The zero-order valence-electron chi connectivity index (χ0n) is 17.5. The van der Waals surface area contributed by atoms with E-state index < -0.39 is 42.4 Å². The van der Waals surface area contributed by atoms with Gasteiger partial charge in [0, 0.05) is 12.3 Å². The van der Waals surface area contributed by atoms with Crippen molar-refractivity contribution in [3.63, 3.8) is 0 Å². The minimum Gasteiger partial charge on any atom is -0.392 e. The van der Waals surface area contributed by atoms with Crippen molar-refractivity contribution in [2.45, 2.75) is 103 Å². The molecular formula is C21H36O7. The highest BCUT2D eigenvalue weighted by Gasteiger charge is 2.55. The largest absolute Gasteiger partial charge is 0.392 e. The molecule has 2 saturated carbocycles. The monoisotopic (exact) mass is 400 g/mol. The van der Waals surface area contributed by atoms with Gasteiger partial charge < -0.3 is 29.9 Å². The molecule has 3 rings (SSSR count). The van der Waals surface area contributed by atoms with Gasteiger partial charge in [-0.2, -0.15) is 0 Å². The van der Waals surface area contributed by atoms with Crippen molar-refractivity contribution in [3.05, 3.63) is 0 Å². The van der Waals surface area contributed by atoms with Crippen LogP contribution in [0.3, 0.4) is 0 Å². The highest BCUT2D eigenvalue weighted by Crippen LogP contribution is 2.55. The normalized spacial score (nSPS) is 50.3. The highest BCUT2D eigenvalue weighted by molar-refractivity contribution is 5.82. The molecule has 1 aliphatic heterocycles. The van der Waals surface area contributed by atoms with E-state index in [0.717, 1.165) is 19.3 Å². The van der Waals surface area contributed by atoms with Gasteiger partial charge >= 0.3 is 0 Å². The first-order valence-corrected chi connectivity index (χ1v) is 10.5. The fourth-order valence-electron chi connectivity index (χ4n) is 5.52. The fourth-order valence-corrected chi connectivity index (χ4v) is 5.52. The predicted octanol–water partition coefficient (Wildman–Crippen LogP) is 1.00. The first kappa shape index (κ1) is 22.1. The van der Waals surface area contributed by atoms with E-state index in [1.54, 1.807) is 6.92 Å². The first-order valence-electron chi connectivity index (χ1n) is 10.5. The van der Waals surface area contributed by atoms with Crippen LogP contribution in [0.1, 0.15) is 60.3 Å². The summed E-state index contributed by atoms with van der Waals surface area (Å²) in [6.45, 7) is 9.55. The van der Waals surface area contributed by atoms with Crippen LogP contribution in [0.4, 0.5) is 0 Å². The number of aliphatic hydroxyl groups excluding tert-OH is 4. The van der Waals surface area contributed by atoms with Crippen LogP contribution in [0.25, 0.3) is 0 Å². The Kier molecular flexibility index (Phi) is 6.00. The van der Waals surface area contributed by atoms with Crippen molar-refractivity contribution in [1.82, 2.24) is 0 Å². The molecule has 1 heterocycles. The van der Waals surface area contributed by atoms with Gasteiger partial charge in [0.1, 0.15) is 24.1 Å². The number of ketones is 1. The van der Waals surface area contributed by atoms with Gasteiger partial charge in [-0.25, -0.2) is 0 Å². The molecule has 10 atom stereocenters. The highest BCUT2D eigenvalue weighted by atomic mass is 16.7. The SMILES string of the molecule is C[C@@H]1O[C@@H](OC(C)(C)[C@@H]2CC[C@@]3(C)[C@H](O)CC(=O)[C@@H](C)[C@@H]3C2)[C@H](O)[C@H](O)[C@H]1O. The second-order valence-electron chi connectivity index (χ2n) is 9.96. The van der Waals surface area contributed by atoms with Crippen LogP contribution < -0.4 is 0 Å². The van der Waals surface area contributed by atoms with Gasteiger partial charge in [0.25, 0.3) is 0 Å². The lowest BCUT2D eigenvalue weighted by Crippen LogP contribution is -2.60. The van der Waals surface area contributed by atoms with E-state index in [-0.39, 0.29) is 35.4 Å². The third kappa shape index (κ3) is 3.66. The lowest BCUT2D eigenvalue weighted by molar-refractivity contribution is -0.324. The molecule has 4 N–H and O–H groups in total. The van der Waals surface area contributed by atoms with Crippen LogP contribution in [0, 0.1) is 23.2 Å². The summed E-state index contributed by atoms with van der Waals surface area (Å²) < 4.78 is 11.7. The molecule has 7 heteroatoms. The molecule has 28 heavy (non-hydrogen) atoms. The number of hydrogen-bond donors (Lipinski definition) is 4. The summed E-state index contributed by atoms with van der Waals surface area (Å²) in [5, 5.41) is 40.8. The molecule has 0 amide bonds. The van der Waals surface area contributed by atoms with Gasteiger partial charge in [0.2, 0.25) is 0 Å². The predicted molar refractivity (Wildman–Crippen MR) is 101 cm³/mol. The van der Waals surface area contributed by atoms with Crippen LogP contribution in [0.5, 0.6) is 0 Å². The van der Waals surface area contributed by atoms with Gasteiger partial charge in [-0.15, -0.1) is 0 Å². The van der Waals surface area contributed by atoms with E-state index in [1.807, 2.05) is 20.8 Å². The Bertz CT molecular complexity index is 593. The van der Waals surface area contributed by atoms with Crippen LogP contribution in [-0.2, 0) is 14.3 Å². The fraction of sp³-hybridized carbons (Fsp3) is 0.952. The number of Topliss-reactive ketones (excluding diaryl/α,β-unsaturated/α-hetero) is 1. The van der Waals surface area contributed by atoms with Crippen LogP contribution in [0.15, 0.2) is 0 Å². The third-order valence-corrected chi connectivity index (χ3v) is 7.90. The van der Waals surface area contributed by atoms with Crippen LogP contribution >= 0.6 is 0 Å². The Morgan fingerprint density at radius 2 is 1.75 bits per heavy atom. The molecule has 0 aromatic heterocycles. The van der Waals surface area contributed by atoms with Crippen molar-refractivity contribution >= 4 is 5.78 Å². The summed E-state index contributed by atoms with van der Waals surface area (Å²) in [6.07, 6.45) is -3.50. The molecule has 162 valence electrons. The maximum atomic E-state index is 12.3. The summed E-state index contributed by atoms with van der Waals surface area (Å²) in [5.74, 6) is 0.210. The number of ether oxygens (including phenoxy) is 2. The second-order valence-corrected chi connectivity index (χ2v) is 9.96. The maximum Gasteiger partial charge on any atom is 0.187 e. The molecular weight excluding hydrogens is 364 g/mol. The summed E-state index contributed by atoms with van der Waals surface area (Å²) in [4.78, 5) is 12.3. The Balaban J connectivity index is 1.73. The number of hydrogen-bond acceptors (Lipinski definition) is 7. The number of fused-ring (bicyclic) bond motifs is 1. The number of rotatable bonds is 3. The van der Waals surface area contributed by atoms with Crippen molar-refractivity contribution in [2.75, 3.05) is 0 Å². The quantitative estimate of drug-likeness (QED) is 0.558. The van der Waals surface area contributed by atoms with E-state index in [4.69, 9.17) is 9.47 Å². The summed E-state index contributed by atoms with van der Waals surface area (Å²) in [6, 6.07) is 0. The zero-order valence-corrected chi connectivity index (χ0v) is 17.5. The molecule has 1 saturated heterocycles. The summed E-state index contributed by atoms with van der Waals surface area (Å²) in [5.41, 5.74) is -0.935. The molecule has 0 spiro atoms. The molecule has 3 fully saturated rings. The lowest BCUT2D eigenvalue weighted by Gasteiger charge is -2.55. The Morgan fingerprint density at radius 1 is 1.11 bits per heavy atom. The lowest BCUT2D eigenvalue weighted by atomic mass is 9.52. The molecule has 0 aromatic rings. The third-order valence-electron chi connectivity index (χ3n) is 7.90. The molecule has 0 bridgehead atoms. The number of carbonyl (C=O) groups is 1. The summed E-state index contributed by atoms with van der Waals surface area (Å²) in [7, 11) is 0. The molecule has 3 aliphatic rings. The van der Waals surface area contributed by atoms with E-state index in [1.165, 1.54) is 0 Å². The van der Waals surface area contributed by atoms with Crippen molar-refractivity contribution < 1.29 is 34.7 Å². The average Bonchev–Trinajstić information content (AvgIpc) is 2.62. The maximum absolute atomic E-state index is 12.3. The van der Waals surface area contributed by atoms with Gasteiger partial charge in [-0.3, -0.25) is 4.79 Å². The standard InChI is InChI=1S/C21H36O7/c1-10-13-8-12(6-7-21(13,5)15(23)9-14(10)22)20(3,4)28-19-18(26)17(25)16(24)11(2)27-19/h10-13,15-19,23-26H,6-9H2,1-5H3/t10-,11-,12+,13-,15+,16-,17+,18+,19-,21+/m0/s1. The molecule has 0 radical (unpaired) electrons. The Morgan fingerprint density at radius 3 is 2.39 bits per heavy atom. The van der Waals surface area contributed by atoms with E-state index in [9.17, 15) is 25.2 Å². The van der Waals surface area contributed by atoms with E-state index >= 15 is 0 Å². The van der Waals surface area contributed by atoms with Gasteiger partial charge in [-0.1, -0.05) is 13.8 Å². The Hall–Kier alpha value is -0.570. The zero-order chi connectivity index (χ0) is 21.0. The Labute approximate surface area is 167 Å². The van der Waals surface area contributed by atoms with E-state index in [0.29, 0.717) is 0 Å². The van der Waals surface area contributed by atoms with Crippen molar-refractivity contribution in [3.8, 4) is 0 Å². The molecule has 0 unspecified atom stereocenters. The van der Waals surface area contributed by atoms with Crippen molar-refractivity contribution in [1.29, 1.82) is 0 Å². The van der Waals surface area contributed by atoms with Gasteiger partial charge in [0.05, 0.1) is 17.8 Å². The number of carbonyl (C=O) groups excluding carboxylic acids is 1. The van der Waals surface area contributed by atoms with Crippen molar-refractivity contribution in [2.24, 2.45) is 23.2 Å². The van der Waals surface area contributed by atoms with Gasteiger partial charge in [0.15, 0.2) is 6.29 Å².